The van der Waals surface area contributed by atoms with E-state index in [4.69, 9.17) is 0 Å². The molecule has 1 unspecified atom stereocenters. The van der Waals surface area contributed by atoms with Crippen molar-refractivity contribution in [3.05, 3.63) is 23.8 Å². The molecule has 0 saturated heterocycles. The molecule has 0 aliphatic carbocycles. The number of hydrogen-bond acceptors (Lipinski definition) is 4. The molecular weight excluding hydrogens is 416 g/mol. The minimum absolute atomic E-state index is 1.03. The van der Waals surface area contributed by atoms with Crippen molar-refractivity contribution in [2.75, 3.05) is 0 Å². The summed E-state index contributed by atoms with van der Waals surface area (Å²) in [5.41, 5.74) is 2.05. The Hall–Kier alpha value is 0.630. The van der Waals surface area contributed by atoms with Gasteiger partial charge < -0.3 is 4.55 Å². The highest BCUT2D eigenvalue weighted by molar-refractivity contribution is 9.42. The molecule has 15 heavy (non-hydrogen) atoms. The van der Waals surface area contributed by atoms with Gasteiger partial charge >= 0.3 is 0 Å². The standard InChI is InChI=1S/C6H8N2.CHBr3O2S/c1-5-3-6(2)8-4-7-5;2-1(3,4)7(5)6/h3-4H,1-2H3;(H,5,6)/p-1. The number of halogens is 3. The molecule has 4 nitrogen and oxygen atoms in total. The maximum atomic E-state index is 9.88. The Kier molecular flexibility index (Phi) is 7.35. The van der Waals surface area contributed by atoms with Gasteiger partial charge in [-0.05, 0) is 78.8 Å². The Labute approximate surface area is 116 Å². The number of aromatic nitrogens is 2. The van der Waals surface area contributed by atoms with Gasteiger partial charge in [-0.15, -0.1) is 0 Å². The second-order valence-corrected chi connectivity index (χ2v) is 11.9. The van der Waals surface area contributed by atoms with Gasteiger partial charge in [0.05, 0.1) is 0 Å². The van der Waals surface area contributed by atoms with Crippen molar-refractivity contribution in [1.82, 2.24) is 9.97 Å². The molecule has 1 aromatic rings. The average molecular weight is 424 g/mol. The molecule has 0 N–H and O–H groups in total. The Morgan fingerprint density at radius 2 is 1.60 bits per heavy atom. The summed E-state index contributed by atoms with van der Waals surface area (Å²) in [5.74, 6) is 0. The Morgan fingerprint density at radius 3 is 1.73 bits per heavy atom. The van der Waals surface area contributed by atoms with E-state index in [1.54, 1.807) is 6.33 Å². The molecule has 0 aliphatic heterocycles. The Balaban J connectivity index is 0.000000265. The third kappa shape index (κ3) is 8.44. The molecule has 0 aromatic carbocycles. The van der Waals surface area contributed by atoms with E-state index >= 15 is 0 Å². The Morgan fingerprint density at radius 1 is 1.27 bits per heavy atom. The van der Waals surface area contributed by atoms with Crippen molar-refractivity contribution in [3.8, 4) is 0 Å². The van der Waals surface area contributed by atoms with Crippen molar-refractivity contribution in [2.24, 2.45) is 0 Å². The van der Waals surface area contributed by atoms with Crippen molar-refractivity contribution in [3.63, 3.8) is 0 Å². The van der Waals surface area contributed by atoms with Crippen LogP contribution < -0.4 is 0 Å². The molecule has 0 bridgehead atoms. The van der Waals surface area contributed by atoms with E-state index in [-0.39, 0.29) is 0 Å². The molecule has 8 heteroatoms. The van der Waals surface area contributed by atoms with Crippen molar-refractivity contribution >= 4 is 58.9 Å². The van der Waals surface area contributed by atoms with Gasteiger partial charge in [-0.2, -0.15) is 0 Å². The fraction of sp³-hybridized carbons (Fsp3) is 0.429. The van der Waals surface area contributed by atoms with Crippen LogP contribution in [-0.2, 0) is 11.1 Å². The summed E-state index contributed by atoms with van der Waals surface area (Å²) in [6.45, 7) is 3.91. The van der Waals surface area contributed by atoms with Gasteiger partial charge in [0.1, 0.15) is 6.33 Å². The zero-order valence-electron chi connectivity index (χ0n) is 7.91. The van der Waals surface area contributed by atoms with Crippen LogP contribution >= 0.6 is 47.8 Å². The van der Waals surface area contributed by atoms with Gasteiger partial charge in [0.15, 0.2) is 1.47 Å². The second-order valence-electron chi connectivity index (χ2n) is 2.48. The lowest BCUT2D eigenvalue weighted by Gasteiger charge is -2.13. The number of rotatable bonds is 0. The lowest BCUT2D eigenvalue weighted by Crippen LogP contribution is -2.07. The van der Waals surface area contributed by atoms with Gasteiger partial charge in [0.2, 0.25) is 0 Å². The second kappa shape index (κ2) is 7.05. The van der Waals surface area contributed by atoms with Crippen molar-refractivity contribution in [2.45, 2.75) is 15.3 Å². The highest BCUT2D eigenvalue weighted by Gasteiger charge is 2.17. The first-order valence-electron chi connectivity index (χ1n) is 3.65. The summed E-state index contributed by atoms with van der Waals surface area (Å²) in [6, 6.07) is 1.94. The van der Waals surface area contributed by atoms with E-state index in [1.165, 1.54) is 0 Å². The topological polar surface area (TPSA) is 65.9 Å². The van der Waals surface area contributed by atoms with E-state index in [1.807, 2.05) is 19.9 Å². The van der Waals surface area contributed by atoms with Crippen molar-refractivity contribution in [1.29, 1.82) is 0 Å². The average Bonchev–Trinajstić information content (AvgIpc) is 2.02. The number of aryl methyl sites for hydroxylation is 2. The first-order chi connectivity index (χ1) is 6.73. The zero-order valence-corrected chi connectivity index (χ0v) is 13.5. The predicted molar refractivity (Wildman–Crippen MR) is 69.9 cm³/mol. The van der Waals surface area contributed by atoms with E-state index in [9.17, 15) is 8.76 Å². The van der Waals surface area contributed by atoms with E-state index in [2.05, 4.69) is 57.8 Å². The number of alkyl halides is 3. The maximum Gasteiger partial charge on any atom is 0.195 e. The summed E-state index contributed by atoms with van der Waals surface area (Å²) in [5, 5.41) is 0. The minimum atomic E-state index is -2.18. The van der Waals surface area contributed by atoms with Gasteiger partial charge in [0.25, 0.3) is 0 Å². The molecule has 1 aromatic heterocycles. The molecule has 0 fully saturated rings. The van der Waals surface area contributed by atoms with Crippen LogP contribution in [0.4, 0.5) is 0 Å². The minimum Gasteiger partial charge on any atom is -0.770 e. The van der Waals surface area contributed by atoms with Gasteiger partial charge in [-0.3, -0.25) is 4.21 Å². The fourth-order valence-electron chi connectivity index (χ4n) is 0.588. The van der Waals surface area contributed by atoms with Crippen LogP contribution in [0.2, 0.25) is 0 Å². The fourth-order valence-corrected chi connectivity index (χ4v) is 0.588. The van der Waals surface area contributed by atoms with Crippen LogP contribution in [-0.4, -0.2) is 20.2 Å². The monoisotopic (exact) mass is 421 g/mol. The molecule has 1 atom stereocenters. The van der Waals surface area contributed by atoms with E-state index in [0.29, 0.717) is 0 Å². The van der Waals surface area contributed by atoms with Crippen LogP contribution in [0.1, 0.15) is 11.4 Å². The Bertz CT molecular complexity index is 326. The number of nitrogens with zero attached hydrogens (tertiary/aromatic N) is 2. The van der Waals surface area contributed by atoms with Crippen LogP contribution in [0.5, 0.6) is 0 Å². The molecule has 0 spiro atoms. The van der Waals surface area contributed by atoms with Gasteiger partial charge in [0, 0.05) is 11.4 Å². The van der Waals surface area contributed by atoms with Gasteiger partial charge in [-0.25, -0.2) is 9.97 Å². The van der Waals surface area contributed by atoms with Gasteiger partial charge in [-0.1, -0.05) is 0 Å². The lowest BCUT2D eigenvalue weighted by molar-refractivity contribution is 0.540. The molecule has 1 rings (SSSR count). The normalized spacial score (nSPS) is 12.7. The molecule has 0 radical (unpaired) electrons. The summed E-state index contributed by atoms with van der Waals surface area (Å²) >= 11 is 6.11. The van der Waals surface area contributed by atoms with Crippen molar-refractivity contribution < 1.29 is 8.76 Å². The van der Waals surface area contributed by atoms with Crippen LogP contribution in [0.3, 0.4) is 0 Å². The first-order valence-corrected chi connectivity index (χ1v) is 7.10. The predicted octanol–water partition coefficient (Wildman–Crippen LogP) is 2.75. The molecule has 1 heterocycles. The summed E-state index contributed by atoms with van der Waals surface area (Å²) in [7, 11) is 0. The molecule has 0 aliphatic rings. The van der Waals surface area contributed by atoms with Crippen LogP contribution in [0.25, 0.3) is 0 Å². The highest BCUT2D eigenvalue weighted by Crippen LogP contribution is 2.35. The largest absolute Gasteiger partial charge is 0.770 e. The third-order valence-electron chi connectivity index (χ3n) is 1.13. The van der Waals surface area contributed by atoms with Crippen LogP contribution in [0.15, 0.2) is 12.4 Å². The van der Waals surface area contributed by atoms with Crippen LogP contribution in [0, 0.1) is 13.8 Å². The number of hydrogen-bond donors (Lipinski definition) is 0. The molecule has 86 valence electrons. The third-order valence-corrected chi connectivity index (χ3v) is 3.89. The quantitative estimate of drug-likeness (QED) is 0.475. The highest BCUT2D eigenvalue weighted by atomic mass is 80.0. The summed E-state index contributed by atoms with van der Waals surface area (Å²) in [4.78, 5) is 7.86. The smallest absolute Gasteiger partial charge is 0.195 e. The molecule has 0 amide bonds. The van der Waals surface area contributed by atoms with E-state index < -0.39 is 12.6 Å². The zero-order chi connectivity index (χ0) is 12.1. The lowest BCUT2D eigenvalue weighted by atomic mass is 10.4. The molecular formula is C7H8Br3N2O2S-. The SMILES string of the molecule is Cc1cc(C)ncn1.O=S([O-])C(Br)(Br)Br. The first kappa shape index (κ1) is 15.6. The maximum absolute atomic E-state index is 9.88. The van der Waals surface area contributed by atoms with E-state index in [0.717, 1.165) is 11.4 Å². The molecule has 0 saturated carbocycles. The summed E-state index contributed by atoms with van der Waals surface area (Å²) in [6.07, 6.45) is 1.57. The summed E-state index contributed by atoms with van der Waals surface area (Å²) < 4.78 is 18.6.